The van der Waals surface area contributed by atoms with Crippen molar-refractivity contribution >= 4 is 44.5 Å². The van der Waals surface area contributed by atoms with Crippen LogP contribution in [0.5, 0.6) is 23.0 Å². The number of hydrogen-bond donors (Lipinski definition) is 2. The minimum Gasteiger partial charge on any atom is -0.490 e. The summed E-state index contributed by atoms with van der Waals surface area (Å²) < 4.78 is 25.0. The Balaban J connectivity index is 0.975. The fraction of sp³-hybridized carbons (Fsp3) is 0.188. The van der Waals surface area contributed by atoms with Crippen LogP contribution in [0, 0.1) is 0 Å². The van der Waals surface area contributed by atoms with Crippen LogP contribution in [0.2, 0.25) is 0 Å². The monoisotopic (exact) mass is 577 g/mol. The number of nitrogens with one attached hydrogen (secondary N) is 2. The van der Waals surface area contributed by atoms with Crippen molar-refractivity contribution in [3.63, 3.8) is 0 Å². The largest absolute Gasteiger partial charge is 0.490 e. The molecule has 3 aromatic carbocycles. The number of rotatable bonds is 4. The van der Waals surface area contributed by atoms with Crippen LogP contribution in [0.3, 0.4) is 0 Å². The van der Waals surface area contributed by atoms with Gasteiger partial charge >= 0.3 is 0 Å². The molecule has 4 aliphatic rings. The van der Waals surface area contributed by atoms with Crippen molar-refractivity contribution in [2.75, 3.05) is 31.7 Å². The highest BCUT2D eigenvalue weighted by atomic mass is 32.1. The number of fused-ring (bicyclic) bond motifs is 4. The molecule has 0 amide bonds. The molecule has 0 spiro atoms. The van der Waals surface area contributed by atoms with Crippen molar-refractivity contribution in [2.24, 2.45) is 9.98 Å². The molecular weight excluding hydrogens is 550 g/mol. The zero-order valence-electron chi connectivity index (χ0n) is 22.6. The number of aliphatic imine (C=N–C) groups is 2. The molecule has 0 saturated heterocycles. The van der Waals surface area contributed by atoms with Crippen LogP contribution in [0.25, 0.3) is 10.1 Å². The second kappa shape index (κ2) is 10.5. The third-order valence-electron chi connectivity index (χ3n) is 7.30. The van der Waals surface area contributed by atoms with E-state index in [1.165, 1.54) is 15.0 Å². The van der Waals surface area contributed by atoms with E-state index in [9.17, 15) is 0 Å². The summed E-state index contributed by atoms with van der Waals surface area (Å²) in [6.07, 6.45) is 6.68. The molecule has 1 unspecified atom stereocenters. The molecule has 5 heterocycles. The van der Waals surface area contributed by atoms with Gasteiger partial charge in [-0.2, -0.15) is 0 Å². The summed E-state index contributed by atoms with van der Waals surface area (Å²) in [6, 6.07) is 22.3. The standard InChI is InChI=1S/C32H27N5O4S/c1-2-5-28-20(4-1)16-29(42-28)23-19-33-31-11-10-30(36-37(23)31)34-21-7-9-25-27(17-21)40-15-12-32(41-25)35-22-6-8-24-26(18-22)39-14-3-13-38-24/h1-2,4-12,16-18,23,35H,3,13-15,19H2,(H,34,36). The third kappa shape index (κ3) is 4.79. The van der Waals surface area contributed by atoms with Crippen LogP contribution in [0.1, 0.15) is 17.3 Å². The Bertz CT molecular complexity index is 1780. The van der Waals surface area contributed by atoms with Crippen molar-refractivity contribution in [3.05, 3.63) is 95.7 Å². The molecule has 4 aromatic rings. The van der Waals surface area contributed by atoms with Gasteiger partial charge in [0.1, 0.15) is 24.3 Å². The van der Waals surface area contributed by atoms with Gasteiger partial charge in [0.25, 0.3) is 0 Å². The van der Waals surface area contributed by atoms with E-state index in [2.05, 4.69) is 46.1 Å². The van der Waals surface area contributed by atoms with Gasteiger partial charge in [0, 0.05) is 39.9 Å². The summed E-state index contributed by atoms with van der Waals surface area (Å²) in [4.78, 5) is 10.9. The fourth-order valence-corrected chi connectivity index (χ4v) is 6.40. The predicted molar refractivity (Wildman–Crippen MR) is 164 cm³/mol. The first-order valence-electron chi connectivity index (χ1n) is 13.9. The van der Waals surface area contributed by atoms with Crippen LogP contribution < -0.4 is 29.7 Å². The number of benzene rings is 3. The van der Waals surface area contributed by atoms with E-state index >= 15 is 0 Å². The van der Waals surface area contributed by atoms with Crippen molar-refractivity contribution < 1.29 is 18.9 Å². The third-order valence-corrected chi connectivity index (χ3v) is 8.52. The Kier molecular flexibility index (Phi) is 6.18. The van der Waals surface area contributed by atoms with Gasteiger partial charge in [-0.25, -0.2) is 4.99 Å². The first-order valence-corrected chi connectivity index (χ1v) is 14.7. The summed E-state index contributed by atoms with van der Waals surface area (Å²) >= 11 is 1.81. The summed E-state index contributed by atoms with van der Waals surface area (Å²) in [5.74, 6) is 4.92. The second-order valence-corrected chi connectivity index (χ2v) is 11.3. The highest BCUT2D eigenvalue weighted by Gasteiger charge is 2.32. The van der Waals surface area contributed by atoms with E-state index in [4.69, 9.17) is 28.9 Å². The van der Waals surface area contributed by atoms with Gasteiger partial charge in [0.15, 0.2) is 28.9 Å². The first kappa shape index (κ1) is 24.8. The number of amidine groups is 2. The normalized spacial score (nSPS) is 19.9. The van der Waals surface area contributed by atoms with Crippen LogP contribution in [0.15, 0.2) is 101 Å². The molecule has 0 fully saturated rings. The van der Waals surface area contributed by atoms with E-state index in [1.54, 1.807) is 0 Å². The maximum atomic E-state index is 6.17. The minimum absolute atomic E-state index is 0.118. The summed E-state index contributed by atoms with van der Waals surface area (Å²) in [6.45, 7) is 2.34. The molecule has 1 atom stereocenters. The molecule has 0 radical (unpaired) electrons. The average molecular weight is 578 g/mol. The Morgan fingerprint density at radius 3 is 2.74 bits per heavy atom. The predicted octanol–water partition coefficient (Wildman–Crippen LogP) is 6.35. The smallest absolute Gasteiger partial charge is 0.197 e. The molecule has 0 saturated carbocycles. The van der Waals surface area contributed by atoms with Crippen LogP contribution in [0.4, 0.5) is 11.4 Å². The van der Waals surface area contributed by atoms with Gasteiger partial charge in [0.05, 0.1) is 25.4 Å². The highest BCUT2D eigenvalue weighted by Crippen LogP contribution is 2.38. The van der Waals surface area contributed by atoms with Gasteiger partial charge < -0.3 is 24.3 Å². The van der Waals surface area contributed by atoms with E-state index in [-0.39, 0.29) is 6.04 Å². The van der Waals surface area contributed by atoms with Gasteiger partial charge in [-0.15, -0.1) is 11.3 Å². The Morgan fingerprint density at radius 1 is 0.905 bits per heavy atom. The lowest BCUT2D eigenvalue weighted by atomic mass is 10.2. The molecular formula is C32H27N5O4S. The van der Waals surface area contributed by atoms with Gasteiger partial charge in [-0.05, 0) is 53.9 Å². The summed E-state index contributed by atoms with van der Waals surface area (Å²) in [5, 5.41) is 6.68. The van der Waals surface area contributed by atoms with Crippen LogP contribution in [-0.4, -0.2) is 43.0 Å². The molecule has 4 aliphatic heterocycles. The molecule has 8 rings (SSSR count). The Hall–Kier alpha value is -4.96. The second-order valence-electron chi connectivity index (χ2n) is 10.2. The maximum absolute atomic E-state index is 6.17. The van der Waals surface area contributed by atoms with E-state index in [0.717, 1.165) is 41.0 Å². The number of hydrogen-bond acceptors (Lipinski definition) is 9. The van der Waals surface area contributed by atoms with Gasteiger partial charge in [-0.3, -0.25) is 15.4 Å². The van der Waals surface area contributed by atoms with E-state index < -0.39 is 0 Å². The highest BCUT2D eigenvalue weighted by molar-refractivity contribution is 7.19. The lowest BCUT2D eigenvalue weighted by molar-refractivity contribution is 0.297. The molecule has 210 valence electrons. The molecule has 10 heteroatoms. The van der Waals surface area contributed by atoms with Crippen molar-refractivity contribution in [1.29, 1.82) is 0 Å². The zero-order valence-corrected chi connectivity index (χ0v) is 23.4. The summed E-state index contributed by atoms with van der Waals surface area (Å²) in [5.41, 5.74) is 5.06. The molecule has 42 heavy (non-hydrogen) atoms. The Morgan fingerprint density at radius 2 is 1.79 bits per heavy atom. The molecule has 0 aliphatic carbocycles. The van der Waals surface area contributed by atoms with Gasteiger partial charge in [-0.1, -0.05) is 18.2 Å². The molecule has 0 bridgehead atoms. The fourth-order valence-electron chi connectivity index (χ4n) is 5.26. The topological polar surface area (TPSA) is 88.9 Å². The molecule has 2 N–H and O–H groups in total. The van der Waals surface area contributed by atoms with Crippen molar-refractivity contribution in [2.45, 2.75) is 12.5 Å². The minimum atomic E-state index is 0.118. The zero-order chi connectivity index (χ0) is 27.9. The van der Waals surface area contributed by atoms with Crippen LogP contribution >= 0.6 is 11.3 Å². The lowest BCUT2D eigenvalue weighted by Gasteiger charge is -2.30. The van der Waals surface area contributed by atoms with E-state index in [0.29, 0.717) is 43.7 Å². The van der Waals surface area contributed by atoms with Crippen molar-refractivity contribution in [3.8, 4) is 23.0 Å². The molecule has 1 aromatic heterocycles. The quantitative estimate of drug-likeness (QED) is 0.292. The maximum Gasteiger partial charge on any atom is 0.197 e. The molecule has 9 nitrogen and oxygen atoms in total. The SMILES string of the molecule is C1=CC2=NCC(c3cc4ccccc4s3)N2NC1=Nc1ccc2c(c1)OCC=C(Nc1ccc3c(c1)OCCCO3)O2. The van der Waals surface area contributed by atoms with E-state index in [1.807, 2.05) is 66.0 Å². The number of thiophene rings is 1. The lowest BCUT2D eigenvalue weighted by Crippen LogP contribution is -2.47. The first-order chi connectivity index (χ1) is 20.7. The average Bonchev–Trinajstić information content (AvgIpc) is 3.47. The van der Waals surface area contributed by atoms with Crippen LogP contribution in [-0.2, 0) is 0 Å². The number of anilines is 1. The number of nitrogens with zero attached hydrogens (tertiary/aromatic N) is 3. The summed E-state index contributed by atoms with van der Waals surface area (Å²) in [7, 11) is 0. The van der Waals surface area contributed by atoms with Crippen molar-refractivity contribution in [1.82, 2.24) is 10.4 Å². The Labute approximate surface area is 246 Å². The number of hydrazine groups is 1. The number of ether oxygens (including phenoxy) is 4. The van der Waals surface area contributed by atoms with Gasteiger partial charge in [0.2, 0.25) is 0 Å².